The highest BCUT2D eigenvalue weighted by atomic mass is 32.1. The summed E-state index contributed by atoms with van der Waals surface area (Å²) >= 11 is 1.48. The van der Waals surface area contributed by atoms with Crippen molar-refractivity contribution in [3.8, 4) is 22.1 Å². The van der Waals surface area contributed by atoms with E-state index in [1.807, 2.05) is 0 Å². The third-order valence-electron chi connectivity index (χ3n) is 2.94. The van der Waals surface area contributed by atoms with E-state index < -0.39 is 0 Å². The first kappa shape index (κ1) is 14.7. The molecule has 2 aromatic rings. The van der Waals surface area contributed by atoms with Crippen molar-refractivity contribution in [1.29, 1.82) is 0 Å². The summed E-state index contributed by atoms with van der Waals surface area (Å²) in [4.78, 5) is 0. The summed E-state index contributed by atoms with van der Waals surface area (Å²) < 4.78 is 0. The molecule has 0 saturated carbocycles. The van der Waals surface area contributed by atoms with Gasteiger partial charge in [0.2, 0.25) is 0 Å². The van der Waals surface area contributed by atoms with E-state index in [1.54, 1.807) is 12.1 Å². The number of benzene rings is 1. The standard InChI is InChI=1S/C14H19N3O2S/c1-3-5-15-12(4-2)14-17-16-13(20-14)9-6-10(18)8-11(19)7-9/h6-8,12,15,18-19H,3-5H2,1-2H3. The van der Waals surface area contributed by atoms with Crippen LogP contribution in [0.2, 0.25) is 0 Å². The monoisotopic (exact) mass is 293 g/mol. The van der Waals surface area contributed by atoms with Crippen molar-refractivity contribution in [3.05, 3.63) is 23.2 Å². The van der Waals surface area contributed by atoms with Gasteiger partial charge in [-0.15, -0.1) is 10.2 Å². The topological polar surface area (TPSA) is 78.3 Å². The van der Waals surface area contributed by atoms with Crippen molar-refractivity contribution in [2.45, 2.75) is 32.7 Å². The second-order valence-corrected chi connectivity index (χ2v) is 5.61. The lowest BCUT2D eigenvalue weighted by molar-refractivity contribution is 0.451. The maximum Gasteiger partial charge on any atom is 0.148 e. The van der Waals surface area contributed by atoms with Gasteiger partial charge in [0.1, 0.15) is 21.5 Å². The number of aromatic hydroxyl groups is 2. The Hall–Kier alpha value is -1.66. The second-order valence-electron chi connectivity index (χ2n) is 4.60. The first-order valence-corrected chi connectivity index (χ1v) is 7.55. The lowest BCUT2D eigenvalue weighted by atomic mass is 10.2. The molecule has 3 N–H and O–H groups in total. The van der Waals surface area contributed by atoms with Crippen LogP contribution >= 0.6 is 11.3 Å². The zero-order chi connectivity index (χ0) is 14.5. The number of nitrogens with one attached hydrogen (secondary N) is 1. The molecule has 108 valence electrons. The van der Waals surface area contributed by atoms with Crippen molar-refractivity contribution in [2.75, 3.05) is 6.54 Å². The highest BCUT2D eigenvalue weighted by Gasteiger charge is 2.15. The minimum Gasteiger partial charge on any atom is -0.508 e. The zero-order valence-corrected chi connectivity index (χ0v) is 12.4. The number of nitrogens with zero attached hydrogens (tertiary/aromatic N) is 2. The number of aromatic nitrogens is 2. The molecule has 0 aliphatic heterocycles. The summed E-state index contributed by atoms with van der Waals surface area (Å²) in [5.74, 6) is 0.0424. The van der Waals surface area contributed by atoms with E-state index in [9.17, 15) is 10.2 Å². The fraction of sp³-hybridized carbons (Fsp3) is 0.429. The summed E-state index contributed by atoms with van der Waals surface area (Å²) in [6.45, 7) is 5.18. The minimum atomic E-state index is 0.0212. The summed E-state index contributed by atoms with van der Waals surface area (Å²) in [6.07, 6.45) is 2.02. The maximum absolute atomic E-state index is 9.52. The van der Waals surface area contributed by atoms with Crippen LogP contribution in [-0.4, -0.2) is 27.0 Å². The average Bonchev–Trinajstić information content (AvgIpc) is 2.88. The molecule has 1 aromatic carbocycles. The number of hydrogen-bond acceptors (Lipinski definition) is 6. The van der Waals surface area contributed by atoms with E-state index in [0.29, 0.717) is 10.6 Å². The molecule has 6 heteroatoms. The number of phenols is 2. The van der Waals surface area contributed by atoms with Crippen LogP contribution in [-0.2, 0) is 0 Å². The van der Waals surface area contributed by atoms with Crippen LogP contribution in [0.5, 0.6) is 11.5 Å². The molecule has 20 heavy (non-hydrogen) atoms. The lowest BCUT2D eigenvalue weighted by Gasteiger charge is -2.12. The molecule has 0 spiro atoms. The predicted octanol–water partition coefficient (Wildman–Crippen LogP) is 3.07. The van der Waals surface area contributed by atoms with Gasteiger partial charge in [0.25, 0.3) is 0 Å². The van der Waals surface area contributed by atoms with E-state index in [4.69, 9.17) is 0 Å². The molecular weight excluding hydrogens is 274 g/mol. The first-order chi connectivity index (χ1) is 9.63. The summed E-state index contributed by atoms with van der Waals surface area (Å²) in [7, 11) is 0. The maximum atomic E-state index is 9.52. The SMILES string of the molecule is CCCNC(CC)c1nnc(-c2cc(O)cc(O)c2)s1. The Balaban J connectivity index is 2.23. The normalized spacial score (nSPS) is 12.5. The fourth-order valence-electron chi connectivity index (χ4n) is 1.94. The minimum absolute atomic E-state index is 0.0212. The van der Waals surface area contributed by atoms with Gasteiger partial charge in [0.05, 0.1) is 6.04 Å². The molecule has 0 fully saturated rings. The fourth-order valence-corrected chi connectivity index (χ4v) is 2.92. The van der Waals surface area contributed by atoms with Crippen molar-refractivity contribution >= 4 is 11.3 Å². The van der Waals surface area contributed by atoms with E-state index in [1.165, 1.54) is 17.4 Å². The van der Waals surface area contributed by atoms with Gasteiger partial charge in [0, 0.05) is 11.6 Å². The molecule has 1 unspecified atom stereocenters. The van der Waals surface area contributed by atoms with Gasteiger partial charge in [-0.1, -0.05) is 25.2 Å². The Morgan fingerprint density at radius 2 is 1.85 bits per heavy atom. The van der Waals surface area contributed by atoms with E-state index in [0.717, 1.165) is 24.4 Å². The van der Waals surface area contributed by atoms with Gasteiger partial charge < -0.3 is 15.5 Å². The van der Waals surface area contributed by atoms with E-state index in [2.05, 4.69) is 29.4 Å². The largest absolute Gasteiger partial charge is 0.508 e. The van der Waals surface area contributed by atoms with Crippen LogP contribution in [0.4, 0.5) is 0 Å². The van der Waals surface area contributed by atoms with Crippen LogP contribution in [0.25, 0.3) is 10.6 Å². The number of hydrogen-bond donors (Lipinski definition) is 3. The van der Waals surface area contributed by atoms with Gasteiger partial charge in [-0.2, -0.15) is 0 Å². The van der Waals surface area contributed by atoms with Gasteiger partial charge in [0.15, 0.2) is 0 Å². The summed E-state index contributed by atoms with van der Waals surface area (Å²) in [5, 5.41) is 32.5. The Kier molecular flexibility index (Phi) is 4.92. The van der Waals surface area contributed by atoms with Gasteiger partial charge in [-0.05, 0) is 31.5 Å². The molecule has 0 bridgehead atoms. The molecule has 0 radical (unpaired) electrons. The van der Waals surface area contributed by atoms with Crippen molar-refractivity contribution < 1.29 is 10.2 Å². The highest BCUT2D eigenvalue weighted by molar-refractivity contribution is 7.14. The van der Waals surface area contributed by atoms with E-state index in [-0.39, 0.29) is 17.5 Å². The molecular formula is C14H19N3O2S. The average molecular weight is 293 g/mol. The van der Waals surface area contributed by atoms with Crippen LogP contribution in [0.3, 0.4) is 0 Å². The molecule has 0 aliphatic carbocycles. The molecule has 1 atom stereocenters. The third kappa shape index (κ3) is 3.46. The Bertz CT molecular complexity index is 551. The van der Waals surface area contributed by atoms with Crippen LogP contribution < -0.4 is 5.32 Å². The number of rotatable bonds is 6. The second kappa shape index (κ2) is 6.67. The van der Waals surface area contributed by atoms with Crippen LogP contribution in [0.15, 0.2) is 18.2 Å². The molecule has 0 saturated heterocycles. The predicted molar refractivity (Wildman–Crippen MR) is 80.0 cm³/mol. The molecule has 5 nitrogen and oxygen atoms in total. The molecule has 1 heterocycles. The molecule has 1 aromatic heterocycles. The first-order valence-electron chi connectivity index (χ1n) is 6.74. The molecule has 2 rings (SSSR count). The van der Waals surface area contributed by atoms with Crippen molar-refractivity contribution in [3.63, 3.8) is 0 Å². The quantitative estimate of drug-likeness (QED) is 0.763. The van der Waals surface area contributed by atoms with Gasteiger partial charge in [-0.25, -0.2) is 0 Å². The third-order valence-corrected chi connectivity index (χ3v) is 4.02. The molecule has 0 aliphatic rings. The highest BCUT2D eigenvalue weighted by Crippen LogP contribution is 2.32. The van der Waals surface area contributed by atoms with Crippen molar-refractivity contribution in [1.82, 2.24) is 15.5 Å². The van der Waals surface area contributed by atoms with Crippen molar-refractivity contribution in [2.24, 2.45) is 0 Å². The number of phenolic OH excluding ortho intramolecular Hbond substituents is 2. The van der Waals surface area contributed by atoms with Crippen LogP contribution in [0, 0.1) is 0 Å². The summed E-state index contributed by atoms with van der Waals surface area (Å²) in [5.41, 5.74) is 0.677. The Morgan fingerprint density at radius 1 is 1.15 bits per heavy atom. The Morgan fingerprint density at radius 3 is 2.45 bits per heavy atom. The lowest BCUT2D eigenvalue weighted by Crippen LogP contribution is -2.21. The zero-order valence-electron chi connectivity index (χ0n) is 11.6. The molecule has 0 amide bonds. The van der Waals surface area contributed by atoms with Gasteiger partial charge >= 0.3 is 0 Å². The van der Waals surface area contributed by atoms with E-state index >= 15 is 0 Å². The Labute approximate surface area is 122 Å². The van der Waals surface area contributed by atoms with Gasteiger partial charge in [-0.3, -0.25) is 0 Å². The smallest absolute Gasteiger partial charge is 0.148 e. The van der Waals surface area contributed by atoms with Crippen LogP contribution in [0.1, 0.15) is 37.7 Å². The summed E-state index contributed by atoms with van der Waals surface area (Å²) in [6, 6.07) is 4.64.